The number of hydrogen-bond acceptors (Lipinski definition) is 5. The standard InChI is InChI=1S/C19H22O5/c1-12-17(24-19(23-4)13(2)18(12)21)7-5-6-16(20)14-8-10-15(22-3)11-9-14/h5,7-11,16,20H,6H2,1-4H3/b7-5+. The van der Waals surface area contributed by atoms with Gasteiger partial charge in [0.25, 0.3) is 5.95 Å². The van der Waals surface area contributed by atoms with Gasteiger partial charge in [-0.05, 0) is 44.0 Å². The van der Waals surface area contributed by atoms with E-state index in [1.807, 2.05) is 12.1 Å². The largest absolute Gasteiger partial charge is 0.497 e. The maximum atomic E-state index is 12.1. The minimum atomic E-state index is -0.647. The topological polar surface area (TPSA) is 68.9 Å². The highest BCUT2D eigenvalue weighted by Gasteiger charge is 2.12. The van der Waals surface area contributed by atoms with Crippen LogP contribution in [0.5, 0.6) is 11.7 Å². The van der Waals surface area contributed by atoms with Crippen LogP contribution in [0.1, 0.15) is 35.0 Å². The summed E-state index contributed by atoms with van der Waals surface area (Å²) in [7, 11) is 3.06. The summed E-state index contributed by atoms with van der Waals surface area (Å²) < 4.78 is 15.8. The number of aliphatic hydroxyl groups excluding tert-OH is 1. The van der Waals surface area contributed by atoms with Crippen LogP contribution in [0.2, 0.25) is 0 Å². The molecule has 2 aromatic rings. The van der Waals surface area contributed by atoms with E-state index in [1.54, 1.807) is 45.2 Å². The molecule has 1 N–H and O–H groups in total. The van der Waals surface area contributed by atoms with Crippen LogP contribution >= 0.6 is 0 Å². The molecule has 0 aliphatic rings. The van der Waals surface area contributed by atoms with Crippen LogP contribution in [0, 0.1) is 13.8 Å². The Morgan fingerprint density at radius 3 is 2.38 bits per heavy atom. The molecule has 1 aromatic carbocycles. The first-order chi connectivity index (χ1) is 11.5. The lowest BCUT2D eigenvalue weighted by Crippen LogP contribution is -2.11. The summed E-state index contributed by atoms with van der Waals surface area (Å²) in [5.74, 6) is 1.39. The highest BCUT2D eigenvalue weighted by Crippen LogP contribution is 2.22. The Balaban J connectivity index is 2.13. The molecule has 0 saturated heterocycles. The molecule has 0 amide bonds. The smallest absolute Gasteiger partial charge is 0.291 e. The fourth-order valence-corrected chi connectivity index (χ4v) is 2.36. The molecule has 128 valence electrons. The quantitative estimate of drug-likeness (QED) is 0.879. The van der Waals surface area contributed by atoms with Crippen LogP contribution in [0.3, 0.4) is 0 Å². The van der Waals surface area contributed by atoms with Crippen LogP contribution in [0.4, 0.5) is 0 Å². The molecule has 0 saturated carbocycles. The molecule has 5 nitrogen and oxygen atoms in total. The molecule has 24 heavy (non-hydrogen) atoms. The Morgan fingerprint density at radius 2 is 1.79 bits per heavy atom. The predicted octanol–water partition coefficient (Wildman–Crippen LogP) is 3.41. The van der Waals surface area contributed by atoms with Crippen LogP contribution in [0.25, 0.3) is 6.08 Å². The van der Waals surface area contributed by atoms with Gasteiger partial charge in [-0.2, -0.15) is 0 Å². The average molecular weight is 330 g/mol. The number of hydrogen-bond donors (Lipinski definition) is 1. The van der Waals surface area contributed by atoms with Crippen molar-refractivity contribution in [1.82, 2.24) is 0 Å². The molecule has 1 heterocycles. The third-order valence-corrected chi connectivity index (χ3v) is 3.87. The zero-order valence-corrected chi connectivity index (χ0v) is 14.3. The minimum absolute atomic E-state index is 0.103. The van der Waals surface area contributed by atoms with Gasteiger partial charge in [0.1, 0.15) is 11.5 Å². The maximum absolute atomic E-state index is 12.1. The fraction of sp³-hybridized carbons (Fsp3) is 0.316. The van der Waals surface area contributed by atoms with E-state index in [-0.39, 0.29) is 11.4 Å². The molecule has 2 rings (SSSR count). The molecular formula is C19H22O5. The number of methoxy groups -OCH3 is 2. The second kappa shape index (κ2) is 7.84. The van der Waals surface area contributed by atoms with Crippen molar-refractivity contribution in [3.05, 3.63) is 63.0 Å². The van der Waals surface area contributed by atoms with Gasteiger partial charge in [0.2, 0.25) is 0 Å². The lowest BCUT2D eigenvalue weighted by molar-refractivity contribution is 0.181. The van der Waals surface area contributed by atoms with E-state index in [0.717, 1.165) is 11.3 Å². The van der Waals surface area contributed by atoms with Gasteiger partial charge in [0, 0.05) is 5.56 Å². The van der Waals surface area contributed by atoms with Crippen LogP contribution in [-0.2, 0) is 0 Å². The van der Waals surface area contributed by atoms with E-state index >= 15 is 0 Å². The Morgan fingerprint density at radius 1 is 1.12 bits per heavy atom. The first-order valence-corrected chi connectivity index (χ1v) is 7.64. The number of ether oxygens (including phenoxy) is 2. The second-order valence-electron chi connectivity index (χ2n) is 5.46. The Labute approximate surface area is 141 Å². The molecular weight excluding hydrogens is 308 g/mol. The Bertz CT molecular complexity index is 772. The molecule has 5 heteroatoms. The third-order valence-electron chi connectivity index (χ3n) is 3.87. The Hall–Kier alpha value is -2.53. The predicted molar refractivity (Wildman–Crippen MR) is 92.6 cm³/mol. The molecule has 0 aliphatic carbocycles. The molecule has 0 fully saturated rings. The van der Waals surface area contributed by atoms with Gasteiger partial charge in [-0.25, -0.2) is 0 Å². The van der Waals surface area contributed by atoms with E-state index in [4.69, 9.17) is 13.9 Å². The highest BCUT2D eigenvalue weighted by molar-refractivity contribution is 5.49. The van der Waals surface area contributed by atoms with Gasteiger partial charge in [-0.15, -0.1) is 0 Å². The maximum Gasteiger partial charge on any atom is 0.291 e. The Kier molecular flexibility index (Phi) is 5.82. The van der Waals surface area contributed by atoms with Crippen LogP contribution in [-0.4, -0.2) is 19.3 Å². The number of aliphatic hydroxyl groups is 1. The van der Waals surface area contributed by atoms with E-state index < -0.39 is 6.10 Å². The van der Waals surface area contributed by atoms with Crippen LogP contribution < -0.4 is 14.9 Å². The van der Waals surface area contributed by atoms with Gasteiger partial charge in [0.05, 0.1) is 25.9 Å². The van der Waals surface area contributed by atoms with Crippen molar-refractivity contribution >= 4 is 6.08 Å². The SMILES string of the molecule is COc1ccc(C(O)C/C=C/c2oc(OC)c(C)c(=O)c2C)cc1. The summed E-state index contributed by atoms with van der Waals surface area (Å²) in [5, 5.41) is 10.2. The van der Waals surface area contributed by atoms with Crippen molar-refractivity contribution in [2.24, 2.45) is 0 Å². The molecule has 1 atom stereocenters. The molecule has 1 aromatic heterocycles. The van der Waals surface area contributed by atoms with Crippen molar-refractivity contribution in [1.29, 1.82) is 0 Å². The zero-order chi connectivity index (χ0) is 17.7. The third kappa shape index (κ3) is 3.86. The number of benzene rings is 1. The van der Waals surface area contributed by atoms with Gasteiger partial charge < -0.3 is 19.0 Å². The summed E-state index contributed by atoms with van der Waals surface area (Å²) in [5.41, 5.74) is 1.66. The van der Waals surface area contributed by atoms with Crippen molar-refractivity contribution in [3.8, 4) is 11.7 Å². The summed E-state index contributed by atoms with van der Waals surface area (Å²) in [6, 6.07) is 7.24. The van der Waals surface area contributed by atoms with Gasteiger partial charge in [-0.3, -0.25) is 4.79 Å². The molecule has 0 radical (unpaired) electrons. The molecule has 0 aliphatic heterocycles. The van der Waals surface area contributed by atoms with Gasteiger partial charge in [0.15, 0.2) is 5.43 Å². The molecule has 1 unspecified atom stereocenters. The summed E-state index contributed by atoms with van der Waals surface area (Å²) in [6.45, 7) is 3.37. The van der Waals surface area contributed by atoms with E-state index in [9.17, 15) is 9.90 Å². The van der Waals surface area contributed by atoms with Crippen molar-refractivity contribution in [2.75, 3.05) is 14.2 Å². The molecule has 0 bridgehead atoms. The van der Waals surface area contributed by atoms with Crippen molar-refractivity contribution < 1.29 is 19.0 Å². The average Bonchev–Trinajstić information content (AvgIpc) is 2.61. The first kappa shape index (κ1) is 17.8. The zero-order valence-electron chi connectivity index (χ0n) is 14.3. The second-order valence-corrected chi connectivity index (χ2v) is 5.46. The summed E-state index contributed by atoms with van der Waals surface area (Å²) >= 11 is 0. The monoisotopic (exact) mass is 330 g/mol. The summed E-state index contributed by atoms with van der Waals surface area (Å²) in [6.07, 6.45) is 3.21. The highest BCUT2D eigenvalue weighted by atomic mass is 16.6. The van der Waals surface area contributed by atoms with E-state index in [0.29, 0.717) is 23.3 Å². The molecule has 0 spiro atoms. The van der Waals surface area contributed by atoms with E-state index in [1.165, 1.54) is 7.11 Å². The van der Waals surface area contributed by atoms with Gasteiger partial charge >= 0.3 is 0 Å². The fourth-order valence-electron chi connectivity index (χ4n) is 2.36. The van der Waals surface area contributed by atoms with Crippen LogP contribution in [0.15, 0.2) is 39.6 Å². The lowest BCUT2D eigenvalue weighted by atomic mass is 10.1. The first-order valence-electron chi connectivity index (χ1n) is 7.64. The lowest BCUT2D eigenvalue weighted by Gasteiger charge is -2.09. The number of rotatable bonds is 6. The minimum Gasteiger partial charge on any atom is -0.497 e. The van der Waals surface area contributed by atoms with Crippen molar-refractivity contribution in [2.45, 2.75) is 26.4 Å². The van der Waals surface area contributed by atoms with E-state index in [2.05, 4.69) is 0 Å². The normalized spacial score (nSPS) is 12.4. The van der Waals surface area contributed by atoms with Gasteiger partial charge in [-0.1, -0.05) is 18.2 Å². The van der Waals surface area contributed by atoms with Crippen molar-refractivity contribution in [3.63, 3.8) is 0 Å². The summed E-state index contributed by atoms with van der Waals surface area (Å²) in [4.78, 5) is 12.1.